The van der Waals surface area contributed by atoms with Gasteiger partial charge in [0, 0.05) is 16.8 Å². The smallest absolute Gasteiger partial charge is 0.340 e. The molecule has 2 aromatic carbocycles. The van der Waals surface area contributed by atoms with Crippen molar-refractivity contribution < 1.29 is 29.8 Å². The molecule has 0 saturated carbocycles. The summed E-state index contributed by atoms with van der Waals surface area (Å²) in [6, 6.07) is 5.42. The van der Waals surface area contributed by atoms with Crippen LogP contribution in [0.4, 0.5) is 8.78 Å². The van der Waals surface area contributed by atoms with Crippen LogP contribution in [0.15, 0.2) is 50.7 Å². The lowest BCUT2D eigenvalue weighted by molar-refractivity contribution is 0.457. The van der Waals surface area contributed by atoms with E-state index in [1.807, 2.05) is 0 Å². The van der Waals surface area contributed by atoms with Crippen LogP contribution >= 0.6 is 15.9 Å². The molecule has 0 aliphatic carbocycles. The van der Waals surface area contributed by atoms with E-state index in [1.165, 1.54) is 12.1 Å². The van der Waals surface area contributed by atoms with E-state index in [9.17, 15) is 25.6 Å². The molecule has 0 fully saturated rings. The SMILES string of the molecule is CS(=O)(=O)c1ccc(Br)c(S(=O)(=O)Oc2ccc(F)cc2F)c1. The van der Waals surface area contributed by atoms with Crippen molar-refractivity contribution in [1.29, 1.82) is 0 Å². The molecule has 0 aliphatic rings. The van der Waals surface area contributed by atoms with Crippen molar-refractivity contribution in [2.45, 2.75) is 9.79 Å². The van der Waals surface area contributed by atoms with E-state index in [1.54, 1.807) is 0 Å². The molecule has 10 heteroatoms. The fourth-order valence-corrected chi connectivity index (χ4v) is 4.21. The van der Waals surface area contributed by atoms with Crippen molar-refractivity contribution in [2.24, 2.45) is 0 Å². The second kappa shape index (κ2) is 6.17. The molecule has 0 saturated heterocycles. The minimum Gasteiger partial charge on any atom is -0.376 e. The van der Waals surface area contributed by atoms with Crippen LogP contribution < -0.4 is 4.18 Å². The highest BCUT2D eigenvalue weighted by atomic mass is 79.9. The summed E-state index contributed by atoms with van der Waals surface area (Å²) >= 11 is 2.97. The predicted octanol–water partition coefficient (Wildman–Crippen LogP) is 2.90. The zero-order chi connectivity index (χ0) is 17.4. The first-order valence-electron chi connectivity index (χ1n) is 5.90. The standard InChI is InChI=1S/C13H9BrF2O5S2/c1-22(17,18)9-3-4-10(14)13(7-9)23(19,20)21-12-5-2-8(15)6-11(12)16/h2-7H,1H3. The Hall–Kier alpha value is -1.52. The van der Waals surface area contributed by atoms with Crippen molar-refractivity contribution in [2.75, 3.05) is 6.26 Å². The lowest BCUT2D eigenvalue weighted by Crippen LogP contribution is -2.12. The fourth-order valence-electron chi connectivity index (χ4n) is 1.61. The van der Waals surface area contributed by atoms with Crippen LogP contribution in [-0.2, 0) is 20.0 Å². The molecular weight excluding hydrogens is 418 g/mol. The molecule has 0 N–H and O–H groups in total. The Morgan fingerprint density at radius 2 is 1.65 bits per heavy atom. The topological polar surface area (TPSA) is 77.5 Å². The van der Waals surface area contributed by atoms with E-state index in [-0.39, 0.29) is 9.37 Å². The summed E-state index contributed by atoms with van der Waals surface area (Å²) < 4.78 is 78.5. The van der Waals surface area contributed by atoms with Gasteiger partial charge in [-0.15, -0.1) is 0 Å². The maximum atomic E-state index is 13.5. The second-order valence-corrected chi connectivity index (χ2v) is 8.86. The molecule has 0 bridgehead atoms. The summed E-state index contributed by atoms with van der Waals surface area (Å²) in [5.41, 5.74) is 0. The molecule has 23 heavy (non-hydrogen) atoms. The predicted molar refractivity (Wildman–Crippen MR) is 81.4 cm³/mol. The molecule has 0 atom stereocenters. The van der Waals surface area contributed by atoms with E-state index >= 15 is 0 Å². The summed E-state index contributed by atoms with van der Waals surface area (Å²) in [6.07, 6.45) is 0.910. The molecule has 0 aliphatic heterocycles. The summed E-state index contributed by atoms with van der Waals surface area (Å²) in [5.74, 6) is -2.81. The van der Waals surface area contributed by atoms with Gasteiger partial charge in [0.2, 0.25) is 0 Å². The minimum atomic E-state index is -4.54. The monoisotopic (exact) mass is 426 g/mol. The Balaban J connectivity index is 2.51. The first kappa shape index (κ1) is 17.8. The summed E-state index contributed by atoms with van der Waals surface area (Å²) in [6.45, 7) is 0. The van der Waals surface area contributed by atoms with Crippen LogP contribution in [0.1, 0.15) is 0 Å². The van der Waals surface area contributed by atoms with E-state index < -0.39 is 42.2 Å². The van der Waals surface area contributed by atoms with Gasteiger partial charge in [-0.1, -0.05) is 0 Å². The third kappa shape index (κ3) is 4.06. The zero-order valence-electron chi connectivity index (χ0n) is 11.5. The van der Waals surface area contributed by atoms with E-state index in [4.69, 9.17) is 0 Å². The van der Waals surface area contributed by atoms with Gasteiger partial charge in [0.25, 0.3) is 0 Å². The molecule has 124 valence electrons. The first-order chi connectivity index (χ1) is 10.5. The quantitative estimate of drug-likeness (QED) is 0.702. The normalized spacial score (nSPS) is 12.2. The molecule has 0 spiro atoms. The van der Waals surface area contributed by atoms with Crippen molar-refractivity contribution in [3.8, 4) is 5.75 Å². The van der Waals surface area contributed by atoms with Gasteiger partial charge in [0.1, 0.15) is 10.7 Å². The highest BCUT2D eigenvalue weighted by Gasteiger charge is 2.24. The number of hydrogen-bond donors (Lipinski definition) is 0. The van der Waals surface area contributed by atoms with Gasteiger partial charge in [0.15, 0.2) is 21.4 Å². The van der Waals surface area contributed by atoms with Gasteiger partial charge in [-0.2, -0.15) is 8.42 Å². The molecular formula is C13H9BrF2O5S2. The van der Waals surface area contributed by atoms with E-state index in [0.717, 1.165) is 24.5 Å². The Bertz CT molecular complexity index is 972. The van der Waals surface area contributed by atoms with Gasteiger partial charge in [0.05, 0.1) is 4.90 Å². The molecule has 0 unspecified atom stereocenters. The number of sulfone groups is 1. The number of benzene rings is 2. The third-order valence-corrected chi connectivity index (χ3v) is 6.03. The highest BCUT2D eigenvalue weighted by Crippen LogP contribution is 2.29. The number of halogens is 3. The molecule has 2 rings (SSSR count). The average Bonchev–Trinajstić information content (AvgIpc) is 2.41. The Kier molecular flexibility index (Phi) is 4.79. The van der Waals surface area contributed by atoms with Gasteiger partial charge in [-0.25, -0.2) is 17.2 Å². The molecule has 0 heterocycles. The van der Waals surface area contributed by atoms with E-state index in [0.29, 0.717) is 6.07 Å². The van der Waals surface area contributed by atoms with Crippen molar-refractivity contribution >= 4 is 35.9 Å². The van der Waals surface area contributed by atoms with Crippen LogP contribution in [0.25, 0.3) is 0 Å². The lowest BCUT2D eigenvalue weighted by Gasteiger charge is -2.10. The first-order valence-corrected chi connectivity index (χ1v) is 9.99. The Morgan fingerprint density at radius 1 is 1.00 bits per heavy atom. The van der Waals surface area contributed by atoms with Crippen molar-refractivity contribution in [1.82, 2.24) is 0 Å². The van der Waals surface area contributed by atoms with Crippen LogP contribution in [0.2, 0.25) is 0 Å². The van der Waals surface area contributed by atoms with Crippen LogP contribution in [0.3, 0.4) is 0 Å². The zero-order valence-corrected chi connectivity index (χ0v) is 14.7. The maximum Gasteiger partial charge on any atom is 0.340 e. The summed E-state index contributed by atoms with van der Waals surface area (Å²) in [5, 5.41) is 0. The molecule has 2 aromatic rings. The Labute approximate surface area is 140 Å². The lowest BCUT2D eigenvalue weighted by atomic mass is 10.3. The van der Waals surface area contributed by atoms with Crippen LogP contribution in [0.5, 0.6) is 5.75 Å². The Morgan fingerprint density at radius 3 is 2.22 bits per heavy atom. The second-order valence-electron chi connectivity index (χ2n) is 4.48. The third-order valence-electron chi connectivity index (χ3n) is 2.69. The number of rotatable bonds is 4. The van der Waals surface area contributed by atoms with Crippen molar-refractivity contribution in [3.63, 3.8) is 0 Å². The summed E-state index contributed by atoms with van der Waals surface area (Å²) in [7, 11) is -8.19. The van der Waals surface area contributed by atoms with E-state index in [2.05, 4.69) is 20.1 Å². The van der Waals surface area contributed by atoms with Gasteiger partial charge in [-0.3, -0.25) is 0 Å². The average molecular weight is 427 g/mol. The number of hydrogen-bond acceptors (Lipinski definition) is 5. The molecule has 0 aromatic heterocycles. The molecule has 0 radical (unpaired) electrons. The van der Waals surface area contributed by atoms with Gasteiger partial charge >= 0.3 is 10.1 Å². The highest BCUT2D eigenvalue weighted by molar-refractivity contribution is 9.10. The molecule has 5 nitrogen and oxygen atoms in total. The van der Waals surface area contributed by atoms with Crippen LogP contribution in [0, 0.1) is 11.6 Å². The minimum absolute atomic E-state index is 0.0346. The largest absolute Gasteiger partial charge is 0.376 e. The van der Waals surface area contributed by atoms with Crippen molar-refractivity contribution in [3.05, 3.63) is 52.5 Å². The molecule has 0 amide bonds. The summed E-state index contributed by atoms with van der Waals surface area (Å²) in [4.78, 5) is -0.744. The van der Waals surface area contributed by atoms with Gasteiger partial charge in [-0.05, 0) is 46.3 Å². The fraction of sp³-hybridized carbons (Fsp3) is 0.0769. The maximum absolute atomic E-state index is 13.5. The van der Waals surface area contributed by atoms with Gasteiger partial charge < -0.3 is 4.18 Å². The van der Waals surface area contributed by atoms with Crippen LogP contribution in [-0.4, -0.2) is 23.1 Å².